The fourth-order valence-corrected chi connectivity index (χ4v) is 4.20. The van der Waals surface area contributed by atoms with Gasteiger partial charge in [0, 0.05) is 28.6 Å². The molecule has 38 heavy (non-hydrogen) atoms. The zero-order valence-corrected chi connectivity index (χ0v) is 19.9. The molecule has 0 radical (unpaired) electrons. The molecule has 4 aromatic rings. The Morgan fingerprint density at radius 1 is 1.03 bits per heavy atom. The Kier molecular flexibility index (Phi) is 6.42. The van der Waals surface area contributed by atoms with Gasteiger partial charge in [-0.2, -0.15) is 0 Å². The third-order valence-corrected chi connectivity index (χ3v) is 6.04. The molecular weight excluding hydrogens is 488 g/mol. The highest BCUT2D eigenvalue weighted by Crippen LogP contribution is 2.33. The molecule has 0 aliphatic carbocycles. The lowest BCUT2D eigenvalue weighted by molar-refractivity contribution is -0.384. The van der Waals surface area contributed by atoms with E-state index in [0.29, 0.717) is 52.0 Å². The van der Waals surface area contributed by atoms with E-state index in [4.69, 9.17) is 10.7 Å². The summed E-state index contributed by atoms with van der Waals surface area (Å²) in [6.07, 6.45) is 2.24. The van der Waals surface area contributed by atoms with Crippen LogP contribution in [0.5, 0.6) is 5.88 Å². The third kappa shape index (κ3) is 4.86. The zero-order valence-electron chi connectivity index (χ0n) is 19.9. The molecule has 1 saturated heterocycles. The number of H-pyrrole nitrogens is 1. The summed E-state index contributed by atoms with van der Waals surface area (Å²) >= 11 is 0. The van der Waals surface area contributed by atoms with Gasteiger partial charge in [0.05, 0.1) is 21.9 Å². The van der Waals surface area contributed by atoms with E-state index < -0.39 is 16.9 Å². The zero-order chi connectivity index (χ0) is 26.8. The highest BCUT2D eigenvalue weighted by Gasteiger charge is 2.23. The number of nitro benzene ring substituents is 1. The van der Waals surface area contributed by atoms with Gasteiger partial charge in [0.15, 0.2) is 5.88 Å². The van der Waals surface area contributed by atoms with Crippen LogP contribution in [-0.4, -0.2) is 39.2 Å². The first kappa shape index (κ1) is 24.4. The summed E-state index contributed by atoms with van der Waals surface area (Å²) in [5.41, 5.74) is 9.86. The number of urea groups is 1. The summed E-state index contributed by atoms with van der Waals surface area (Å²) in [5.74, 6) is -0.684. The maximum absolute atomic E-state index is 11.8. The Morgan fingerprint density at radius 2 is 1.76 bits per heavy atom. The Hall–Kier alpha value is -5.29. The Balaban J connectivity index is 1.61. The van der Waals surface area contributed by atoms with Gasteiger partial charge in [-0.25, -0.2) is 9.79 Å². The number of aliphatic imine (C=N–C) groups is 1. The van der Waals surface area contributed by atoms with Crippen molar-refractivity contribution in [3.8, 4) is 5.88 Å². The van der Waals surface area contributed by atoms with Gasteiger partial charge in [-0.15, -0.1) is 0 Å². The highest BCUT2D eigenvalue weighted by molar-refractivity contribution is 6.22. The van der Waals surface area contributed by atoms with Gasteiger partial charge in [0.25, 0.3) is 11.6 Å². The molecule has 0 spiro atoms. The second kappa shape index (κ2) is 9.99. The standard InChI is InChI=1S/C27H22N6O5/c28-12-11-15-1-5-17(6-2-15)24(23-20-14-19(33(37)38)9-10-21(20)30-26(23)35)29-18-7-3-16(4-8-18)13-22-25(34)32-27(36)31-22/h1-10,13-14,30,35H,11-12,28H2,(H2,31,32,34,36)/b22-13+,29-24?. The van der Waals surface area contributed by atoms with Gasteiger partial charge in [0.2, 0.25) is 0 Å². The van der Waals surface area contributed by atoms with Crippen molar-refractivity contribution in [2.75, 3.05) is 6.54 Å². The topological polar surface area (TPSA) is 176 Å². The second-order valence-electron chi connectivity index (χ2n) is 8.59. The summed E-state index contributed by atoms with van der Waals surface area (Å²) in [4.78, 5) is 41.8. The molecule has 1 fully saturated rings. The van der Waals surface area contributed by atoms with Crippen molar-refractivity contribution in [2.24, 2.45) is 10.7 Å². The first-order valence-electron chi connectivity index (χ1n) is 11.6. The number of nitrogens with one attached hydrogen (secondary N) is 3. The molecule has 5 rings (SSSR count). The lowest BCUT2D eigenvalue weighted by Gasteiger charge is -2.09. The molecule has 0 bridgehead atoms. The van der Waals surface area contributed by atoms with Gasteiger partial charge in [0.1, 0.15) is 5.70 Å². The van der Waals surface area contributed by atoms with Crippen LogP contribution in [0, 0.1) is 10.1 Å². The number of benzene rings is 3. The molecule has 0 unspecified atom stereocenters. The van der Waals surface area contributed by atoms with Crippen LogP contribution in [0.2, 0.25) is 0 Å². The van der Waals surface area contributed by atoms with Crippen LogP contribution in [0.15, 0.2) is 77.4 Å². The van der Waals surface area contributed by atoms with Crippen molar-refractivity contribution in [2.45, 2.75) is 6.42 Å². The Bertz CT molecular complexity index is 1640. The third-order valence-electron chi connectivity index (χ3n) is 6.04. The Morgan fingerprint density at radius 3 is 2.39 bits per heavy atom. The van der Waals surface area contributed by atoms with Gasteiger partial charge >= 0.3 is 6.03 Å². The van der Waals surface area contributed by atoms with E-state index in [9.17, 15) is 24.8 Å². The lowest BCUT2D eigenvalue weighted by atomic mass is 9.98. The molecular formula is C27H22N6O5. The normalized spacial score (nSPS) is 14.7. The quantitative estimate of drug-likeness (QED) is 0.0833. The van der Waals surface area contributed by atoms with E-state index in [1.54, 1.807) is 30.3 Å². The van der Waals surface area contributed by atoms with E-state index in [2.05, 4.69) is 15.6 Å². The number of fused-ring (bicyclic) bond motifs is 1. The van der Waals surface area contributed by atoms with E-state index in [1.165, 1.54) is 18.2 Å². The van der Waals surface area contributed by atoms with Gasteiger partial charge in [-0.05, 0) is 48.4 Å². The summed E-state index contributed by atoms with van der Waals surface area (Å²) < 4.78 is 0. The van der Waals surface area contributed by atoms with E-state index in [1.807, 2.05) is 24.3 Å². The van der Waals surface area contributed by atoms with Crippen molar-refractivity contribution in [3.05, 3.63) is 105 Å². The number of hydrogen-bond donors (Lipinski definition) is 5. The number of aromatic nitrogens is 1. The molecule has 3 amide bonds. The smallest absolute Gasteiger partial charge is 0.326 e. The molecule has 6 N–H and O–H groups in total. The molecule has 0 saturated carbocycles. The van der Waals surface area contributed by atoms with Crippen LogP contribution in [0.4, 0.5) is 16.2 Å². The number of carbonyl (C=O) groups is 2. The van der Waals surface area contributed by atoms with Gasteiger partial charge in [-0.3, -0.25) is 20.2 Å². The van der Waals surface area contributed by atoms with Crippen molar-refractivity contribution in [1.82, 2.24) is 15.6 Å². The second-order valence-corrected chi connectivity index (χ2v) is 8.59. The molecule has 11 heteroatoms. The van der Waals surface area contributed by atoms with Crippen LogP contribution in [0.3, 0.4) is 0 Å². The van der Waals surface area contributed by atoms with Crippen molar-refractivity contribution in [1.29, 1.82) is 0 Å². The molecule has 1 aliphatic heterocycles. The molecule has 3 aromatic carbocycles. The van der Waals surface area contributed by atoms with Crippen LogP contribution >= 0.6 is 0 Å². The van der Waals surface area contributed by atoms with Crippen molar-refractivity contribution in [3.63, 3.8) is 0 Å². The predicted octanol–water partition coefficient (Wildman–Crippen LogP) is 3.63. The first-order chi connectivity index (χ1) is 18.3. The van der Waals surface area contributed by atoms with Crippen molar-refractivity contribution >= 4 is 46.0 Å². The monoisotopic (exact) mass is 510 g/mol. The predicted molar refractivity (Wildman–Crippen MR) is 142 cm³/mol. The summed E-state index contributed by atoms with van der Waals surface area (Å²) in [6.45, 7) is 0.501. The average molecular weight is 511 g/mol. The minimum absolute atomic E-state index is 0.115. The molecule has 2 heterocycles. The highest BCUT2D eigenvalue weighted by atomic mass is 16.6. The SMILES string of the molecule is NCCc1ccc(C(=Nc2ccc(/C=C3/NC(=O)NC3=O)cc2)c2c(O)[nH]c3ccc([N+](=O)[O-])cc23)cc1. The number of aromatic hydroxyl groups is 1. The summed E-state index contributed by atoms with van der Waals surface area (Å²) in [7, 11) is 0. The van der Waals surface area contributed by atoms with E-state index in [0.717, 1.165) is 5.56 Å². The number of nitrogens with two attached hydrogens (primary N) is 1. The fourth-order valence-electron chi connectivity index (χ4n) is 4.20. The summed E-state index contributed by atoms with van der Waals surface area (Å²) in [6, 6.07) is 18.2. The number of aromatic amines is 1. The van der Waals surface area contributed by atoms with Crippen LogP contribution in [0.1, 0.15) is 22.3 Å². The number of non-ortho nitro benzene ring substituents is 1. The van der Waals surface area contributed by atoms with Crippen LogP contribution < -0.4 is 16.4 Å². The lowest BCUT2D eigenvalue weighted by Crippen LogP contribution is -2.22. The molecule has 190 valence electrons. The molecule has 1 aliphatic rings. The largest absolute Gasteiger partial charge is 0.494 e. The van der Waals surface area contributed by atoms with Crippen molar-refractivity contribution < 1.29 is 19.6 Å². The van der Waals surface area contributed by atoms with Crippen LogP contribution in [-0.2, 0) is 11.2 Å². The number of hydrogen-bond acceptors (Lipinski definition) is 7. The number of rotatable bonds is 7. The minimum Gasteiger partial charge on any atom is -0.494 e. The van der Waals surface area contributed by atoms with E-state index in [-0.39, 0.29) is 17.3 Å². The minimum atomic E-state index is -0.580. The fraction of sp³-hybridized carbons (Fsp3) is 0.0741. The van der Waals surface area contributed by atoms with Gasteiger partial charge < -0.3 is 21.1 Å². The number of nitro groups is 1. The number of nitrogens with zero attached hydrogens (tertiary/aromatic N) is 2. The number of imide groups is 1. The number of carbonyl (C=O) groups excluding carboxylic acids is 2. The maximum Gasteiger partial charge on any atom is 0.326 e. The Labute approximate surface area is 215 Å². The molecule has 1 aromatic heterocycles. The molecule has 11 nitrogen and oxygen atoms in total. The van der Waals surface area contributed by atoms with Gasteiger partial charge in [-0.1, -0.05) is 36.4 Å². The van der Waals surface area contributed by atoms with E-state index >= 15 is 0 Å². The maximum atomic E-state index is 11.8. The summed E-state index contributed by atoms with van der Waals surface area (Å²) in [5, 5.41) is 27.3. The molecule has 0 atom stereocenters. The number of amides is 3. The average Bonchev–Trinajstić information content (AvgIpc) is 3.40. The van der Waals surface area contributed by atoms with Crippen LogP contribution in [0.25, 0.3) is 17.0 Å². The first-order valence-corrected chi connectivity index (χ1v) is 11.6.